The highest BCUT2D eigenvalue weighted by molar-refractivity contribution is 6.32. The summed E-state index contributed by atoms with van der Waals surface area (Å²) in [4.78, 5) is 10.8. The monoisotopic (exact) mass is 249 g/mol. The van der Waals surface area contributed by atoms with E-state index in [0.717, 1.165) is 18.2 Å². The maximum atomic E-state index is 12.3. The Balaban J connectivity index is 3.19. The molecule has 0 bridgehead atoms. The molecule has 6 heteroatoms. The lowest BCUT2D eigenvalue weighted by Gasteiger charge is -2.10. The van der Waals surface area contributed by atoms with Crippen molar-refractivity contribution in [2.75, 3.05) is 0 Å². The van der Waals surface area contributed by atoms with Crippen LogP contribution in [0.4, 0.5) is 13.2 Å². The van der Waals surface area contributed by atoms with Crippen LogP contribution in [0.2, 0.25) is 5.02 Å². The second-order valence-electron chi connectivity index (χ2n) is 3.04. The van der Waals surface area contributed by atoms with E-state index in [0.29, 0.717) is 0 Å². The number of carbonyl (C=O) groups is 1. The smallest absolute Gasteiger partial charge is 0.366 e. The van der Waals surface area contributed by atoms with Crippen LogP contribution in [-0.2, 0) is 11.0 Å². The summed E-state index contributed by atoms with van der Waals surface area (Å²) in [5, 5.41) is -0.493. The molecule has 0 spiro atoms. The van der Waals surface area contributed by atoms with Gasteiger partial charge in [-0.05, 0) is 17.7 Å². The quantitative estimate of drug-likeness (QED) is 0.805. The van der Waals surface area contributed by atoms with Crippen molar-refractivity contribution in [2.24, 2.45) is 5.73 Å². The summed E-state index contributed by atoms with van der Waals surface area (Å²) in [6.07, 6.45) is -4.52. The third-order valence-corrected chi connectivity index (χ3v) is 2.23. The van der Waals surface area contributed by atoms with Gasteiger partial charge in [0.1, 0.15) is 0 Å². The first-order valence-corrected chi connectivity index (χ1v) is 4.47. The lowest BCUT2D eigenvalue weighted by molar-refractivity contribution is -0.137. The molecular weight excluding hydrogens is 243 g/mol. The average Bonchev–Trinajstić information content (AvgIpc) is 2.14. The number of benzene rings is 1. The van der Waals surface area contributed by atoms with Gasteiger partial charge in [0, 0.05) is 5.57 Å². The standard InChI is InChI=1S/C10H7ClF3NO/c1-5(9(15)16)6-2-3-7(8(11)4-6)10(12,13)14/h2-4H,1H2,(H2,15,16). The molecule has 1 aromatic carbocycles. The fourth-order valence-corrected chi connectivity index (χ4v) is 1.36. The van der Waals surface area contributed by atoms with Crippen LogP contribution in [0, 0.1) is 0 Å². The molecule has 2 N–H and O–H groups in total. The third-order valence-electron chi connectivity index (χ3n) is 1.92. The summed E-state index contributed by atoms with van der Waals surface area (Å²) < 4.78 is 37.0. The fraction of sp³-hybridized carbons (Fsp3) is 0.100. The zero-order chi connectivity index (χ0) is 12.5. The van der Waals surface area contributed by atoms with Gasteiger partial charge in [-0.15, -0.1) is 0 Å². The first kappa shape index (κ1) is 12.6. The zero-order valence-corrected chi connectivity index (χ0v) is 8.69. The molecular formula is C10H7ClF3NO. The Morgan fingerprint density at radius 3 is 2.31 bits per heavy atom. The average molecular weight is 250 g/mol. The Morgan fingerprint density at radius 1 is 1.38 bits per heavy atom. The molecule has 0 saturated carbocycles. The highest BCUT2D eigenvalue weighted by Crippen LogP contribution is 2.35. The van der Waals surface area contributed by atoms with E-state index in [9.17, 15) is 18.0 Å². The Morgan fingerprint density at radius 2 is 1.94 bits per heavy atom. The Kier molecular flexibility index (Phi) is 3.28. The molecule has 0 aromatic heterocycles. The van der Waals surface area contributed by atoms with E-state index in [1.807, 2.05) is 0 Å². The highest BCUT2D eigenvalue weighted by Gasteiger charge is 2.33. The predicted molar refractivity (Wildman–Crippen MR) is 54.7 cm³/mol. The molecule has 1 aromatic rings. The topological polar surface area (TPSA) is 43.1 Å². The number of hydrogen-bond donors (Lipinski definition) is 1. The highest BCUT2D eigenvalue weighted by atomic mass is 35.5. The zero-order valence-electron chi connectivity index (χ0n) is 7.94. The number of alkyl halides is 3. The molecule has 0 aliphatic carbocycles. The van der Waals surface area contributed by atoms with Crippen LogP contribution >= 0.6 is 11.6 Å². The number of primary amides is 1. The molecule has 0 aliphatic heterocycles. The van der Waals surface area contributed by atoms with Gasteiger partial charge in [-0.2, -0.15) is 13.2 Å². The minimum absolute atomic E-state index is 0.0874. The molecule has 0 aliphatic rings. The Bertz CT molecular complexity index is 454. The Hall–Kier alpha value is -1.49. The predicted octanol–water partition coefficient (Wildman–Crippen LogP) is 2.86. The number of hydrogen-bond acceptors (Lipinski definition) is 1. The second-order valence-corrected chi connectivity index (χ2v) is 3.44. The van der Waals surface area contributed by atoms with E-state index in [2.05, 4.69) is 6.58 Å². The number of rotatable bonds is 2. The van der Waals surface area contributed by atoms with Gasteiger partial charge >= 0.3 is 6.18 Å². The van der Waals surface area contributed by atoms with Gasteiger partial charge in [0.25, 0.3) is 0 Å². The molecule has 0 radical (unpaired) electrons. The van der Waals surface area contributed by atoms with Crippen LogP contribution < -0.4 is 5.73 Å². The van der Waals surface area contributed by atoms with E-state index < -0.39 is 22.7 Å². The summed E-state index contributed by atoms with van der Waals surface area (Å²) in [6, 6.07) is 2.89. The van der Waals surface area contributed by atoms with Crippen molar-refractivity contribution in [3.63, 3.8) is 0 Å². The van der Waals surface area contributed by atoms with Crippen molar-refractivity contribution < 1.29 is 18.0 Å². The van der Waals surface area contributed by atoms with Gasteiger partial charge < -0.3 is 5.73 Å². The third kappa shape index (κ3) is 2.55. The van der Waals surface area contributed by atoms with Crippen molar-refractivity contribution in [3.8, 4) is 0 Å². The molecule has 16 heavy (non-hydrogen) atoms. The number of amides is 1. The molecule has 0 saturated heterocycles. The largest absolute Gasteiger partial charge is 0.417 e. The molecule has 2 nitrogen and oxygen atoms in total. The van der Waals surface area contributed by atoms with Crippen molar-refractivity contribution in [1.29, 1.82) is 0 Å². The van der Waals surface area contributed by atoms with Crippen LogP contribution in [0.5, 0.6) is 0 Å². The number of halogens is 4. The summed E-state index contributed by atoms with van der Waals surface area (Å²) in [6.45, 7) is 3.34. The van der Waals surface area contributed by atoms with E-state index in [4.69, 9.17) is 17.3 Å². The van der Waals surface area contributed by atoms with Crippen molar-refractivity contribution in [3.05, 3.63) is 40.9 Å². The summed E-state index contributed by atoms with van der Waals surface area (Å²) in [5.41, 5.74) is 4.06. The van der Waals surface area contributed by atoms with Crippen LogP contribution in [-0.4, -0.2) is 5.91 Å². The van der Waals surface area contributed by atoms with Gasteiger partial charge in [0.2, 0.25) is 5.91 Å². The maximum absolute atomic E-state index is 12.3. The van der Waals surface area contributed by atoms with Crippen molar-refractivity contribution in [1.82, 2.24) is 0 Å². The minimum atomic E-state index is -4.52. The fourth-order valence-electron chi connectivity index (χ4n) is 1.07. The van der Waals surface area contributed by atoms with Gasteiger partial charge in [-0.25, -0.2) is 0 Å². The van der Waals surface area contributed by atoms with Crippen LogP contribution in [0.1, 0.15) is 11.1 Å². The normalized spacial score (nSPS) is 11.2. The van der Waals surface area contributed by atoms with Crippen LogP contribution in [0.3, 0.4) is 0 Å². The van der Waals surface area contributed by atoms with Gasteiger partial charge in [0.05, 0.1) is 10.6 Å². The molecule has 1 amide bonds. The van der Waals surface area contributed by atoms with E-state index >= 15 is 0 Å². The van der Waals surface area contributed by atoms with Crippen molar-refractivity contribution >= 4 is 23.1 Å². The van der Waals surface area contributed by atoms with E-state index in [1.165, 1.54) is 0 Å². The minimum Gasteiger partial charge on any atom is -0.366 e. The van der Waals surface area contributed by atoms with Gasteiger partial charge in [0.15, 0.2) is 0 Å². The van der Waals surface area contributed by atoms with Gasteiger partial charge in [-0.1, -0.05) is 24.2 Å². The van der Waals surface area contributed by atoms with Crippen molar-refractivity contribution in [2.45, 2.75) is 6.18 Å². The molecule has 86 valence electrons. The molecule has 0 unspecified atom stereocenters. The number of carbonyl (C=O) groups excluding carboxylic acids is 1. The molecule has 1 rings (SSSR count). The summed E-state index contributed by atoms with van der Waals surface area (Å²) >= 11 is 5.45. The van der Waals surface area contributed by atoms with E-state index in [1.54, 1.807) is 0 Å². The lowest BCUT2D eigenvalue weighted by atomic mass is 10.0. The molecule has 0 fully saturated rings. The van der Waals surface area contributed by atoms with Crippen LogP contribution in [0.15, 0.2) is 24.8 Å². The van der Waals surface area contributed by atoms with E-state index in [-0.39, 0.29) is 11.1 Å². The SMILES string of the molecule is C=C(C(N)=O)c1ccc(C(F)(F)F)c(Cl)c1. The summed E-state index contributed by atoms with van der Waals surface area (Å²) in [7, 11) is 0. The number of nitrogens with two attached hydrogens (primary N) is 1. The van der Waals surface area contributed by atoms with Gasteiger partial charge in [-0.3, -0.25) is 4.79 Å². The maximum Gasteiger partial charge on any atom is 0.417 e. The summed E-state index contributed by atoms with van der Waals surface area (Å²) in [5.74, 6) is -0.809. The Labute approximate surface area is 94.5 Å². The lowest BCUT2D eigenvalue weighted by Crippen LogP contribution is -2.12. The second kappa shape index (κ2) is 4.17. The first-order valence-electron chi connectivity index (χ1n) is 4.09. The molecule has 0 atom stereocenters. The molecule has 0 heterocycles. The first-order chi connectivity index (χ1) is 7.23. The van der Waals surface area contributed by atoms with Crippen LogP contribution in [0.25, 0.3) is 5.57 Å².